The molecule has 0 bridgehead atoms. The average molecular weight is 290 g/mol. The van der Waals surface area contributed by atoms with E-state index < -0.39 is 0 Å². The molecular weight excluding hydrogens is 272 g/mol. The summed E-state index contributed by atoms with van der Waals surface area (Å²) in [6.45, 7) is 5.97. The lowest BCUT2D eigenvalue weighted by molar-refractivity contribution is 0.482. The first-order valence-electron chi connectivity index (χ1n) is 7.27. The first-order chi connectivity index (χ1) is 10.6. The maximum atomic E-state index is 10.5. The number of aromatic hydroxyl groups is 1. The number of hydrogen-bond acceptors (Lipinski definition) is 3. The molecule has 0 fully saturated rings. The Morgan fingerprint density at radius 1 is 0.727 bits per heavy atom. The van der Waals surface area contributed by atoms with Crippen LogP contribution >= 0.6 is 0 Å². The summed E-state index contributed by atoms with van der Waals surface area (Å²) in [5, 5.41) is 21.0. The predicted molar refractivity (Wildman–Crippen MR) is 90.4 cm³/mol. The SMILES string of the molecule is Cc1ccccc1N=Nc1c(C)cc2c(C)cccc2c1O. The molecule has 0 aromatic heterocycles. The van der Waals surface area contributed by atoms with Crippen molar-refractivity contribution in [1.29, 1.82) is 0 Å². The van der Waals surface area contributed by atoms with Crippen LogP contribution in [0.4, 0.5) is 11.4 Å². The van der Waals surface area contributed by atoms with Crippen molar-refractivity contribution in [3.63, 3.8) is 0 Å². The molecule has 3 aromatic carbocycles. The summed E-state index contributed by atoms with van der Waals surface area (Å²) in [7, 11) is 0. The molecule has 0 aliphatic heterocycles. The van der Waals surface area contributed by atoms with Crippen LogP contribution in [0.25, 0.3) is 10.8 Å². The molecule has 0 aliphatic rings. The minimum absolute atomic E-state index is 0.191. The van der Waals surface area contributed by atoms with Crippen LogP contribution in [0.15, 0.2) is 58.8 Å². The maximum Gasteiger partial charge on any atom is 0.151 e. The predicted octanol–water partition coefficient (Wildman–Crippen LogP) is 5.89. The second-order valence-electron chi connectivity index (χ2n) is 5.55. The molecule has 3 aromatic rings. The number of phenols is 1. The third kappa shape index (κ3) is 2.46. The number of azo groups is 1. The van der Waals surface area contributed by atoms with Gasteiger partial charge in [-0.15, -0.1) is 5.11 Å². The van der Waals surface area contributed by atoms with E-state index in [2.05, 4.69) is 16.3 Å². The molecule has 110 valence electrons. The molecule has 0 saturated carbocycles. The van der Waals surface area contributed by atoms with Crippen molar-refractivity contribution in [3.8, 4) is 5.75 Å². The first kappa shape index (κ1) is 14.3. The van der Waals surface area contributed by atoms with Crippen molar-refractivity contribution >= 4 is 22.1 Å². The van der Waals surface area contributed by atoms with Gasteiger partial charge < -0.3 is 5.11 Å². The third-order valence-corrected chi connectivity index (χ3v) is 3.91. The highest BCUT2D eigenvalue weighted by Gasteiger charge is 2.11. The normalized spacial score (nSPS) is 11.4. The summed E-state index contributed by atoms with van der Waals surface area (Å²) in [6, 6.07) is 15.7. The van der Waals surface area contributed by atoms with Crippen molar-refractivity contribution in [3.05, 3.63) is 65.2 Å². The Morgan fingerprint density at radius 2 is 1.45 bits per heavy atom. The van der Waals surface area contributed by atoms with Gasteiger partial charge in [0.2, 0.25) is 0 Å². The van der Waals surface area contributed by atoms with E-state index >= 15 is 0 Å². The summed E-state index contributed by atoms with van der Waals surface area (Å²) in [5.41, 5.74) is 4.45. The second kappa shape index (κ2) is 5.60. The molecule has 0 amide bonds. The quantitative estimate of drug-likeness (QED) is 0.588. The van der Waals surface area contributed by atoms with Crippen molar-refractivity contribution in [2.45, 2.75) is 20.8 Å². The highest BCUT2D eigenvalue weighted by molar-refractivity contribution is 5.95. The second-order valence-corrected chi connectivity index (χ2v) is 5.55. The molecule has 3 rings (SSSR count). The average Bonchev–Trinajstić information content (AvgIpc) is 2.50. The van der Waals surface area contributed by atoms with Gasteiger partial charge in [-0.2, -0.15) is 5.11 Å². The van der Waals surface area contributed by atoms with Crippen LogP contribution < -0.4 is 0 Å². The zero-order valence-corrected chi connectivity index (χ0v) is 13.0. The Hall–Kier alpha value is -2.68. The van der Waals surface area contributed by atoms with Gasteiger partial charge in [-0.3, -0.25) is 0 Å². The van der Waals surface area contributed by atoms with Crippen LogP contribution in [0.5, 0.6) is 5.75 Å². The fourth-order valence-electron chi connectivity index (χ4n) is 2.58. The lowest BCUT2D eigenvalue weighted by Crippen LogP contribution is -1.83. The largest absolute Gasteiger partial charge is 0.505 e. The minimum Gasteiger partial charge on any atom is -0.505 e. The van der Waals surface area contributed by atoms with E-state index in [1.165, 1.54) is 0 Å². The standard InChI is InChI=1S/C19H18N2O/c1-12-8-6-9-15-16(12)11-14(3)18(19(15)22)21-20-17-10-5-4-7-13(17)2/h4-11,22H,1-3H3. The van der Waals surface area contributed by atoms with Crippen LogP contribution in [0, 0.1) is 20.8 Å². The zero-order chi connectivity index (χ0) is 15.7. The Balaban J connectivity index is 2.14. The number of benzene rings is 3. The van der Waals surface area contributed by atoms with Gasteiger partial charge in [-0.25, -0.2) is 0 Å². The van der Waals surface area contributed by atoms with Gasteiger partial charge in [0.15, 0.2) is 5.75 Å². The van der Waals surface area contributed by atoms with Crippen LogP contribution in [-0.4, -0.2) is 5.11 Å². The third-order valence-electron chi connectivity index (χ3n) is 3.91. The van der Waals surface area contributed by atoms with Crippen LogP contribution in [-0.2, 0) is 0 Å². The van der Waals surface area contributed by atoms with Crippen LogP contribution in [0.1, 0.15) is 16.7 Å². The van der Waals surface area contributed by atoms with Gasteiger partial charge in [-0.1, -0.05) is 36.4 Å². The van der Waals surface area contributed by atoms with Gasteiger partial charge >= 0.3 is 0 Å². The van der Waals surface area contributed by atoms with E-state index in [-0.39, 0.29) is 5.75 Å². The molecule has 3 heteroatoms. The maximum absolute atomic E-state index is 10.5. The number of hydrogen-bond donors (Lipinski definition) is 1. The van der Waals surface area contributed by atoms with Crippen molar-refractivity contribution in [2.75, 3.05) is 0 Å². The number of nitrogens with zero attached hydrogens (tertiary/aromatic N) is 2. The molecule has 0 spiro atoms. The fourth-order valence-corrected chi connectivity index (χ4v) is 2.58. The lowest BCUT2D eigenvalue weighted by atomic mass is 10.0. The Labute approximate surface area is 130 Å². The topological polar surface area (TPSA) is 45.0 Å². The molecule has 0 radical (unpaired) electrons. The highest BCUT2D eigenvalue weighted by atomic mass is 16.3. The Bertz CT molecular complexity index is 882. The summed E-state index contributed by atoms with van der Waals surface area (Å²) >= 11 is 0. The molecule has 0 heterocycles. The molecule has 1 N–H and O–H groups in total. The highest BCUT2D eigenvalue weighted by Crippen LogP contribution is 2.39. The summed E-state index contributed by atoms with van der Waals surface area (Å²) in [5.74, 6) is 0.191. The Kier molecular flexibility index (Phi) is 3.63. The van der Waals surface area contributed by atoms with Crippen molar-refractivity contribution in [2.24, 2.45) is 10.2 Å². The van der Waals surface area contributed by atoms with Gasteiger partial charge in [0.1, 0.15) is 5.69 Å². The molecule has 0 unspecified atom stereocenters. The van der Waals surface area contributed by atoms with Gasteiger partial charge in [-0.05, 0) is 55.0 Å². The van der Waals surface area contributed by atoms with Gasteiger partial charge in [0.05, 0.1) is 5.69 Å². The summed E-state index contributed by atoms with van der Waals surface area (Å²) in [6.07, 6.45) is 0. The zero-order valence-electron chi connectivity index (χ0n) is 13.0. The van der Waals surface area contributed by atoms with E-state index in [4.69, 9.17) is 0 Å². The molecule has 0 saturated heterocycles. The first-order valence-corrected chi connectivity index (χ1v) is 7.27. The number of phenolic OH excluding ortho intramolecular Hbond substituents is 1. The van der Waals surface area contributed by atoms with E-state index in [1.807, 2.05) is 63.2 Å². The van der Waals surface area contributed by atoms with E-state index in [9.17, 15) is 5.11 Å². The Morgan fingerprint density at radius 3 is 2.23 bits per heavy atom. The summed E-state index contributed by atoms with van der Waals surface area (Å²) < 4.78 is 0. The van der Waals surface area contributed by atoms with Crippen LogP contribution in [0.3, 0.4) is 0 Å². The molecule has 3 nitrogen and oxygen atoms in total. The molecule has 22 heavy (non-hydrogen) atoms. The van der Waals surface area contributed by atoms with E-state index in [1.54, 1.807) is 0 Å². The number of aryl methyl sites for hydroxylation is 3. The summed E-state index contributed by atoms with van der Waals surface area (Å²) in [4.78, 5) is 0. The van der Waals surface area contributed by atoms with Gasteiger partial charge in [0, 0.05) is 5.39 Å². The monoisotopic (exact) mass is 290 g/mol. The lowest BCUT2D eigenvalue weighted by Gasteiger charge is -2.09. The fraction of sp³-hybridized carbons (Fsp3) is 0.158. The molecular formula is C19H18N2O. The van der Waals surface area contributed by atoms with Gasteiger partial charge in [0.25, 0.3) is 0 Å². The van der Waals surface area contributed by atoms with Crippen molar-refractivity contribution in [1.82, 2.24) is 0 Å². The van der Waals surface area contributed by atoms with Crippen LogP contribution in [0.2, 0.25) is 0 Å². The molecule has 0 aliphatic carbocycles. The van der Waals surface area contributed by atoms with Crippen molar-refractivity contribution < 1.29 is 5.11 Å². The van der Waals surface area contributed by atoms with E-state index in [0.717, 1.165) is 33.2 Å². The van der Waals surface area contributed by atoms with E-state index in [0.29, 0.717) is 5.69 Å². The smallest absolute Gasteiger partial charge is 0.151 e. The molecule has 0 atom stereocenters. The number of fused-ring (bicyclic) bond motifs is 1. The number of rotatable bonds is 2. The minimum atomic E-state index is 0.191.